The zero-order valence-electron chi connectivity index (χ0n) is 13.3. The molecular weight excluding hydrogens is 232 g/mol. The van der Waals surface area contributed by atoms with Crippen molar-refractivity contribution in [3.8, 4) is 0 Å². The third-order valence-electron chi connectivity index (χ3n) is 5.33. The highest BCUT2D eigenvalue weighted by atomic mass is 15.2. The molecular formula is C17H34N2. The Hall–Kier alpha value is -0.0800. The van der Waals surface area contributed by atoms with E-state index in [9.17, 15) is 0 Å². The third-order valence-corrected chi connectivity index (χ3v) is 5.33. The average molecular weight is 266 g/mol. The normalized spacial score (nSPS) is 29.5. The predicted molar refractivity (Wildman–Crippen MR) is 83.5 cm³/mol. The van der Waals surface area contributed by atoms with E-state index < -0.39 is 0 Å². The molecule has 0 unspecified atom stereocenters. The number of nitrogens with zero attached hydrogens (tertiary/aromatic N) is 1. The van der Waals surface area contributed by atoms with Crippen molar-refractivity contribution >= 4 is 0 Å². The topological polar surface area (TPSA) is 15.3 Å². The molecule has 2 rings (SSSR count). The van der Waals surface area contributed by atoms with Gasteiger partial charge in [-0.25, -0.2) is 0 Å². The monoisotopic (exact) mass is 266 g/mol. The van der Waals surface area contributed by atoms with Crippen LogP contribution >= 0.6 is 0 Å². The lowest BCUT2D eigenvalue weighted by atomic mass is 9.89. The second-order valence-electron chi connectivity index (χ2n) is 7.15. The zero-order valence-corrected chi connectivity index (χ0v) is 13.3. The molecule has 19 heavy (non-hydrogen) atoms. The Kier molecular flexibility index (Phi) is 6.15. The van der Waals surface area contributed by atoms with Gasteiger partial charge < -0.3 is 5.32 Å². The SMILES string of the molecule is CNC1CCC(N(CCC(C)C)C2CCCC2)CC1. The first-order valence-electron chi connectivity index (χ1n) is 8.63. The van der Waals surface area contributed by atoms with Gasteiger partial charge >= 0.3 is 0 Å². The number of rotatable bonds is 6. The summed E-state index contributed by atoms with van der Waals surface area (Å²) in [6.45, 7) is 6.08. The standard InChI is InChI=1S/C17H34N2/c1-14(2)12-13-19(16-6-4-5-7-16)17-10-8-15(18-3)9-11-17/h14-18H,4-13H2,1-3H3. The van der Waals surface area contributed by atoms with E-state index in [1.54, 1.807) is 0 Å². The van der Waals surface area contributed by atoms with Crippen molar-refractivity contribution in [1.82, 2.24) is 10.2 Å². The molecule has 2 fully saturated rings. The van der Waals surface area contributed by atoms with E-state index in [-0.39, 0.29) is 0 Å². The van der Waals surface area contributed by atoms with Gasteiger partial charge in [0.2, 0.25) is 0 Å². The molecule has 0 bridgehead atoms. The Morgan fingerprint density at radius 3 is 2.05 bits per heavy atom. The summed E-state index contributed by atoms with van der Waals surface area (Å²) in [6.07, 6.45) is 12.8. The van der Waals surface area contributed by atoms with Gasteiger partial charge in [0.1, 0.15) is 0 Å². The highest BCUT2D eigenvalue weighted by Crippen LogP contribution is 2.31. The van der Waals surface area contributed by atoms with E-state index in [4.69, 9.17) is 0 Å². The summed E-state index contributed by atoms with van der Waals surface area (Å²) in [5.41, 5.74) is 0. The first kappa shape index (κ1) is 15.3. The molecule has 0 saturated heterocycles. The molecule has 2 nitrogen and oxygen atoms in total. The Labute approximate surface area is 120 Å². The highest BCUT2D eigenvalue weighted by molar-refractivity contribution is 4.87. The van der Waals surface area contributed by atoms with Crippen LogP contribution in [0.3, 0.4) is 0 Å². The van der Waals surface area contributed by atoms with Gasteiger partial charge in [-0.15, -0.1) is 0 Å². The molecule has 2 saturated carbocycles. The van der Waals surface area contributed by atoms with Crippen molar-refractivity contribution in [2.45, 2.75) is 89.8 Å². The summed E-state index contributed by atoms with van der Waals surface area (Å²) in [5.74, 6) is 0.845. The number of hydrogen-bond donors (Lipinski definition) is 1. The van der Waals surface area contributed by atoms with Gasteiger partial charge in [-0.1, -0.05) is 26.7 Å². The molecule has 2 heteroatoms. The van der Waals surface area contributed by atoms with Crippen molar-refractivity contribution in [1.29, 1.82) is 0 Å². The molecule has 0 radical (unpaired) electrons. The molecule has 0 atom stereocenters. The van der Waals surface area contributed by atoms with Crippen LogP contribution in [0.15, 0.2) is 0 Å². The van der Waals surface area contributed by atoms with E-state index in [2.05, 4.69) is 31.1 Å². The minimum absolute atomic E-state index is 0.784. The minimum Gasteiger partial charge on any atom is -0.317 e. The van der Waals surface area contributed by atoms with Crippen LogP contribution in [0.2, 0.25) is 0 Å². The van der Waals surface area contributed by atoms with E-state index >= 15 is 0 Å². The lowest BCUT2D eigenvalue weighted by molar-refractivity contribution is 0.0931. The molecule has 2 aliphatic rings. The highest BCUT2D eigenvalue weighted by Gasteiger charge is 2.31. The molecule has 0 aromatic rings. The van der Waals surface area contributed by atoms with Crippen LogP contribution in [0.25, 0.3) is 0 Å². The van der Waals surface area contributed by atoms with Gasteiger partial charge in [0.05, 0.1) is 0 Å². The van der Waals surface area contributed by atoms with Crippen molar-refractivity contribution in [3.63, 3.8) is 0 Å². The maximum Gasteiger partial charge on any atom is 0.00993 e. The van der Waals surface area contributed by atoms with E-state index in [0.29, 0.717) is 0 Å². The first-order valence-corrected chi connectivity index (χ1v) is 8.63. The maximum atomic E-state index is 3.46. The third kappa shape index (κ3) is 4.46. The molecule has 2 aliphatic carbocycles. The van der Waals surface area contributed by atoms with Gasteiger partial charge in [0.25, 0.3) is 0 Å². The molecule has 0 aliphatic heterocycles. The van der Waals surface area contributed by atoms with Crippen LogP contribution in [-0.4, -0.2) is 36.6 Å². The van der Waals surface area contributed by atoms with E-state index in [0.717, 1.165) is 24.0 Å². The Morgan fingerprint density at radius 2 is 1.53 bits per heavy atom. The summed E-state index contributed by atoms with van der Waals surface area (Å²) in [4.78, 5) is 2.92. The molecule has 0 heterocycles. The Balaban J connectivity index is 1.88. The maximum absolute atomic E-state index is 3.46. The number of hydrogen-bond acceptors (Lipinski definition) is 2. The van der Waals surface area contributed by atoms with Crippen LogP contribution in [-0.2, 0) is 0 Å². The summed E-state index contributed by atoms with van der Waals surface area (Å²) >= 11 is 0. The van der Waals surface area contributed by atoms with Crippen molar-refractivity contribution in [3.05, 3.63) is 0 Å². The quantitative estimate of drug-likeness (QED) is 0.786. The van der Waals surface area contributed by atoms with Gasteiger partial charge in [-0.05, 0) is 64.5 Å². The fraction of sp³-hybridized carbons (Fsp3) is 1.00. The van der Waals surface area contributed by atoms with Gasteiger partial charge in [0, 0.05) is 18.1 Å². The Bertz CT molecular complexity index is 238. The van der Waals surface area contributed by atoms with Crippen molar-refractivity contribution in [2.75, 3.05) is 13.6 Å². The van der Waals surface area contributed by atoms with Crippen molar-refractivity contribution < 1.29 is 0 Å². The smallest absolute Gasteiger partial charge is 0.00993 e. The lowest BCUT2D eigenvalue weighted by Crippen LogP contribution is -2.46. The molecule has 0 amide bonds. The first-order chi connectivity index (χ1) is 9.20. The van der Waals surface area contributed by atoms with Gasteiger partial charge in [0.15, 0.2) is 0 Å². The van der Waals surface area contributed by atoms with Crippen LogP contribution < -0.4 is 5.32 Å². The van der Waals surface area contributed by atoms with E-state index in [1.807, 2.05) is 0 Å². The van der Waals surface area contributed by atoms with Crippen LogP contribution in [0.4, 0.5) is 0 Å². The predicted octanol–water partition coefficient (Wildman–Crippen LogP) is 3.81. The minimum atomic E-state index is 0.784. The largest absolute Gasteiger partial charge is 0.317 e. The second-order valence-corrected chi connectivity index (χ2v) is 7.15. The van der Waals surface area contributed by atoms with Crippen LogP contribution in [0.1, 0.15) is 71.6 Å². The molecule has 0 spiro atoms. The van der Waals surface area contributed by atoms with E-state index in [1.165, 1.54) is 64.3 Å². The molecule has 0 aromatic heterocycles. The second kappa shape index (κ2) is 7.64. The summed E-state index contributed by atoms with van der Waals surface area (Å²) in [7, 11) is 2.12. The Morgan fingerprint density at radius 1 is 0.947 bits per heavy atom. The van der Waals surface area contributed by atoms with Crippen LogP contribution in [0, 0.1) is 5.92 Å². The fourth-order valence-corrected chi connectivity index (χ4v) is 4.00. The molecule has 112 valence electrons. The molecule has 0 aromatic carbocycles. The van der Waals surface area contributed by atoms with Gasteiger partial charge in [-0.2, -0.15) is 0 Å². The molecule has 1 N–H and O–H groups in total. The summed E-state index contributed by atoms with van der Waals surface area (Å²) in [5, 5.41) is 3.46. The summed E-state index contributed by atoms with van der Waals surface area (Å²) < 4.78 is 0. The fourth-order valence-electron chi connectivity index (χ4n) is 4.00. The lowest BCUT2D eigenvalue weighted by Gasteiger charge is -2.40. The van der Waals surface area contributed by atoms with Gasteiger partial charge in [-0.3, -0.25) is 4.90 Å². The zero-order chi connectivity index (χ0) is 13.7. The average Bonchev–Trinajstić information content (AvgIpc) is 2.93. The number of nitrogens with one attached hydrogen (secondary N) is 1. The summed E-state index contributed by atoms with van der Waals surface area (Å²) in [6, 6.07) is 2.58. The van der Waals surface area contributed by atoms with Crippen LogP contribution in [0.5, 0.6) is 0 Å². The van der Waals surface area contributed by atoms with Crippen molar-refractivity contribution in [2.24, 2.45) is 5.92 Å².